The zero-order valence-electron chi connectivity index (χ0n) is 11.4. The van der Waals surface area contributed by atoms with Crippen LogP contribution in [-0.4, -0.2) is 31.9 Å². The molecule has 3 heteroatoms. The normalized spacial score (nSPS) is 20.2. The van der Waals surface area contributed by atoms with Crippen LogP contribution in [0.2, 0.25) is 0 Å². The van der Waals surface area contributed by atoms with E-state index in [1.54, 1.807) is 0 Å². The Bertz CT molecular complexity index is 392. The summed E-state index contributed by atoms with van der Waals surface area (Å²) in [5, 5.41) is 12.5. The molecule has 1 atom stereocenters. The maximum Gasteiger partial charge on any atom is 0.0476 e. The Morgan fingerprint density at radius 2 is 2.28 bits per heavy atom. The predicted octanol–water partition coefficient (Wildman–Crippen LogP) is 1.92. The Kier molecular flexibility index (Phi) is 4.61. The van der Waals surface area contributed by atoms with Crippen LogP contribution >= 0.6 is 0 Å². The van der Waals surface area contributed by atoms with E-state index in [0.29, 0.717) is 12.5 Å². The second-order valence-corrected chi connectivity index (χ2v) is 5.29. The number of hydrogen-bond acceptors (Lipinski definition) is 3. The van der Waals surface area contributed by atoms with Gasteiger partial charge in [0.15, 0.2) is 0 Å². The van der Waals surface area contributed by atoms with Crippen molar-refractivity contribution in [2.75, 3.05) is 31.6 Å². The minimum absolute atomic E-state index is 0.313. The number of piperidine rings is 1. The van der Waals surface area contributed by atoms with Crippen LogP contribution < -0.4 is 10.2 Å². The first-order chi connectivity index (χ1) is 8.74. The lowest BCUT2D eigenvalue weighted by atomic mass is 9.97. The maximum absolute atomic E-state index is 9.30. The van der Waals surface area contributed by atoms with Crippen molar-refractivity contribution in [2.24, 2.45) is 5.92 Å². The highest BCUT2D eigenvalue weighted by molar-refractivity contribution is 5.54. The molecule has 1 aromatic carbocycles. The highest BCUT2D eigenvalue weighted by Crippen LogP contribution is 2.26. The molecule has 0 aliphatic carbocycles. The van der Waals surface area contributed by atoms with Gasteiger partial charge in [0, 0.05) is 31.9 Å². The summed E-state index contributed by atoms with van der Waals surface area (Å²) >= 11 is 0. The van der Waals surface area contributed by atoms with Gasteiger partial charge in [0.25, 0.3) is 0 Å². The molecule has 2 rings (SSSR count). The molecule has 1 heterocycles. The van der Waals surface area contributed by atoms with E-state index in [2.05, 4.69) is 35.3 Å². The quantitative estimate of drug-likeness (QED) is 0.854. The van der Waals surface area contributed by atoms with Crippen LogP contribution in [0.5, 0.6) is 0 Å². The van der Waals surface area contributed by atoms with E-state index >= 15 is 0 Å². The van der Waals surface area contributed by atoms with Crippen molar-refractivity contribution in [3.8, 4) is 0 Å². The molecule has 100 valence electrons. The molecule has 1 aliphatic rings. The third-order valence-corrected chi connectivity index (χ3v) is 3.76. The van der Waals surface area contributed by atoms with Crippen LogP contribution in [0.4, 0.5) is 5.69 Å². The first-order valence-electron chi connectivity index (χ1n) is 6.84. The lowest BCUT2D eigenvalue weighted by Gasteiger charge is -2.34. The highest BCUT2D eigenvalue weighted by Gasteiger charge is 2.20. The molecular formula is C15H24N2O. The SMILES string of the molecule is CNCc1ccc(N2CCCC(CO)C2)c(C)c1. The van der Waals surface area contributed by atoms with Crippen LogP contribution in [0.1, 0.15) is 24.0 Å². The third kappa shape index (κ3) is 3.03. The second-order valence-electron chi connectivity index (χ2n) is 5.29. The number of hydrogen-bond donors (Lipinski definition) is 2. The summed E-state index contributed by atoms with van der Waals surface area (Å²) in [5.74, 6) is 0.440. The van der Waals surface area contributed by atoms with Gasteiger partial charge in [0.05, 0.1) is 0 Å². The summed E-state index contributed by atoms with van der Waals surface area (Å²) in [6.45, 7) is 5.51. The van der Waals surface area contributed by atoms with Crippen molar-refractivity contribution < 1.29 is 5.11 Å². The van der Waals surface area contributed by atoms with Crippen molar-refractivity contribution in [3.05, 3.63) is 29.3 Å². The molecule has 1 fully saturated rings. The van der Waals surface area contributed by atoms with Gasteiger partial charge in [-0.05, 0) is 49.9 Å². The van der Waals surface area contributed by atoms with E-state index < -0.39 is 0 Å². The van der Waals surface area contributed by atoms with Gasteiger partial charge in [0.1, 0.15) is 0 Å². The highest BCUT2D eigenvalue weighted by atomic mass is 16.3. The lowest BCUT2D eigenvalue weighted by Crippen LogP contribution is -2.37. The van der Waals surface area contributed by atoms with Gasteiger partial charge in [-0.1, -0.05) is 12.1 Å². The first kappa shape index (κ1) is 13.4. The van der Waals surface area contributed by atoms with Crippen LogP contribution in [-0.2, 0) is 6.54 Å². The van der Waals surface area contributed by atoms with Crippen LogP contribution in [0.25, 0.3) is 0 Å². The number of aliphatic hydroxyl groups is 1. The Balaban J connectivity index is 2.12. The summed E-state index contributed by atoms with van der Waals surface area (Å²) in [4.78, 5) is 2.42. The number of nitrogens with zero attached hydrogens (tertiary/aromatic N) is 1. The fraction of sp³-hybridized carbons (Fsp3) is 0.600. The van der Waals surface area contributed by atoms with E-state index in [-0.39, 0.29) is 0 Å². The molecule has 0 radical (unpaired) electrons. The molecule has 2 N–H and O–H groups in total. The Labute approximate surface area is 110 Å². The molecular weight excluding hydrogens is 224 g/mol. The summed E-state index contributed by atoms with van der Waals surface area (Å²) in [7, 11) is 1.97. The van der Waals surface area contributed by atoms with Gasteiger partial charge >= 0.3 is 0 Å². The fourth-order valence-electron chi connectivity index (χ4n) is 2.82. The van der Waals surface area contributed by atoms with Gasteiger partial charge in [0.2, 0.25) is 0 Å². The fourth-order valence-corrected chi connectivity index (χ4v) is 2.82. The molecule has 1 aromatic rings. The van der Waals surface area contributed by atoms with Gasteiger partial charge < -0.3 is 15.3 Å². The number of aryl methyl sites for hydroxylation is 1. The average Bonchev–Trinajstić information content (AvgIpc) is 2.39. The van der Waals surface area contributed by atoms with Crippen molar-refractivity contribution in [1.29, 1.82) is 0 Å². The van der Waals surface area contributed by atoms with Crippen molar-refractivity contribution in [3.63, 3.8) is 0 Å². The molecule has 1 unspecified atom stereocenters. The van der Waals surface area contributed by atoms with Gasteiger partial charge in [-0.15, -0.1) is 0 Å². The molecule has 1 saturated heterocycles. The monoisotopic (exact) mass is 248 g/mol. The largest absolute Gasteiger partial charge is 0.396 e. The van der Waals surface area contributed by atoms with Crippen LogP contribution in [0.15, 0.2) is 18.2 Å². The number of anilines is 1. The number of rotatable bonds is 4. The van der Waals surface area contributed by atoms with E-state index in [1.807, 2.05) is 7.05 Å². The number of nitrogens with one attached hydrogen (secondary N) is 1. The molecule has 0 bridgehead atoms. The third-order valence-electron chi connectivity index (χ3n) is 3.76. The van der Waals surface area contributed by atoms with Gasteiger partial charge in [-0.3, -0.25) is 0 Å². The van der Waals surface area contributed by atoms with Crippen LogP contribution in [0, 0.1) is 12.8 Å². The second kappa shape index (κ2) is 6.21. The molecule has 3 nitrogen and oxygen atoms in total. The minimum atomic E-state index is 0.313. The molecule has 1 aliphatic heterocycles. The maximum atomic E-state index is 9.30. The van der Waals surface area contributed by atoms with Gasteiger partial charge in [-0.2, -0.15) is 0 Å². The molecule has 0 amide bonds. The lowest BCUT2D eigenvalue weighted by molar-refractivity contribution is 0.208. The molecule has 0 aromatic heterocycles. The van der Waals surface area contributed by atoms with E-state index in [1.165, 1.54) is 23.2 Å². The van der Waals surface area contributed by atoms with Gasteiger partial charge in [-0.25, -0.2) is 0 Å². The number of benzene rings is 1. The van der Waals surface area contributed by atoms with Crippen molar-refractivity contribution in [1.82, 2.24) is 5.32 Å². The topological polar surface area (TPSA) is 35.5 Å². The molecule has 0 spiro atoms. The summed E-state index contributed by atoms with van der Waals surface area (Å²) in [6.07, 6.45) is 2.34. The van der Waals surface area contributed by atoms with E-state index in [9.17, 15) is 5.11 Å². The summed E-state index contributed by atoms with van der Waals surface area (Å²) in [5.41, 5.74) is 3.99. The van der Waals surface area contributed by atoms with Crippen molar-refractivity contribution >= 4 is 5.69 Å². The Morgan fingerprint density at radius 1 is 1.44 bits per heavy atom. The Hall–Kier alpha value is -1.06. The first-order valence-corrected chi connectivity index (χ1v) is 6.84. The van der Waals surface area contributed by atoms with E-state index in [0.717, 1.165) is 26.1 Å². The molecule has 18 heavy (non-hydrogen) atoms. The average molecular weight is 248 g/mol. The molecule has 0 saturated carbocycles. The van der Waals surface area contributed by atoms with E-state index in [4.69, 9.17) is 0 Å². The standard InChI is InChI=1S/C15H24N2O/c1-12-8-13(9-16-2)5-6-15(12)17-7-3-4-14(10-17)11-18/h5-6,8,14,16,18H,3-4,7,9-11H2,1-2H3. The summed E-state index contributed by atoms with van der Waals surface area (Å²) in [6, 6.07) is 6.68. The Morgan fingerprint density at radius 3 is 2.94 bits per heavy atom. The zero-order chi connectivity index (χ0) is 13.0. The minimum Gasteiger partial charge on any atom is -0.396 e. The smallest absolute Gasteiger partial charge is 0.0476 e. The number of aliphatic hydroxyl groups excluding tert-OH is 1. The summed E-state index contributed by atoms with van der Waals surface area (Å²) < 4.78 is 0. The van der Waals surface area contributed by atoms with Crippen LogP contribution in [0.3, 0.4) is 0 Å². The zero-order valence-corrected chi connectivity index (χ0v) is 11.4. The predicted molar refractivity (Wildman–Crippen MR) is 76.0 cm³/mol. The van der Waals surface area contributed by atoms with Crippen molar-refractivity contribution in [2.45, 2.75) is 26.3 Å².